The van der Waals surface area contributed by atoms with Crippen LogP contribution in [-0.2, 0) is 14.1 Å². The second-order valence-electron chi connectivity index (χ2n) is 7.44. The zero-order valence-corrected chi connectivity index (χ0v) is 14.1. The molecule has 1 N–H and O–H groups in total. The lowest BCUT2D eigenvalue weighted by Crippen LogP contribution is -2.41. The first kappa shape index (κ1) is 16.5. The third-order valence-corrected chi connectivity index (χ3v) is 5.25. The molecule has 3 rings (SSSR count). The van der Waals surface area contributed by atoms with Crippen molar-refractivity contribution < 1.29 is 18.5 Å². The van der Waals surface area contributed by atoms with Gasteiger partial charge in [0.25, 0.3) is 0 Å². The van der Waals surface area contributed by atoms with E-state index in [0.717, 1.165) is 19.3 Å². The average Bonchev–Trinajstić information content (AvgIpc) is 2.58. The molecule has 1 aromatic rings. The molecule has 0 bridgehead atoms. The molecule has 124 valence electrons. The molecule has 6 heteroatoms. The summed E-state index contributed by atoms with van der Waals surface area (Å²) in [7, 11) is -0.777. The minimum Gasteiger partial charge on any atom is -0.399 e. The van der Waals surface area contributed by atoms with Gasteiger partial charge in [-0.3, -0.25) is 4.79 Å². The molecule has 1 amide bonds. The molecule has 0 atom stereocenters. The number of hydrogen-bond acceptors (Lipinski definition) is 3. The van der Waals surface area contributed by atoms with Crippen LogP contribution >= 0.6 is 0 Å². The predicted octanol–water partition coefficient (Wildman–Crippen LogP) is 2.86. The van der Waals surface area contributed by atoms with Crippen molar-refractivity contribution in [1.82, 2.24) is 0 Å². The van der Waals surface area contributed by atoms with Gasteiger partial charge in [0, 0.05) is 17.1 Å². The summed E-state index contributed by atoms with van der Waals surface area (Å²) in [6.45, 7) is 7.69. The topological polar surface area (TPSA) is 47.6 Å². The maximum Gasteiger partial charge on any atom is 0.497 e. The summed E-state index contributed by atoms with van der Waals surface area (Å²) in [6.07, 6.45) is 2.95. The lowest BCUT2D eigenvalue weighted by atomic mass is 9.78. The van der Waals surface area contributed by atoms with Crippen LogP contribution in [0.5, 0.6) is 0 Å². The van der Waals surface area contributed by atoms with E-state index in [4.69, 9.17) is 9.31 Å². The Morgan fingerprint density at radius 1 is 1.22 bits per heavy atom. The van der Waals surface area contributed by atoms with Gasteiger partial charge in [-0.2, -0.15) is 0 Å². The molecule has 0 spiro atoms. The van der Waals surface area contributed by atoms with Crippen molar-refractivity contribution in [3.8, 4) is 0 Å². The van der Waals surface area contributed by atoms with Crippen LogP contribution < -0.4 is 10.8 Å². The minimum atomic E-state index is -0.777. The number of carbonyl (C=O) groups excluding carboxylic acids is 1. The van der Waals surface area contributed by atoms with Crippen LogP contribution in [0.4, 0.5) is 10.1 Å². The van der Waals surface area contributed by atoms with E-state index in [-0.39, 0.29) is 11.8 Å². The van der Waals surface area contributed by atoms with Gasteiger partial charge in [-0.25, -0.2) is 4.39 Å². The second kappa shape index (κ2) is 5.60. The van der Waals surface area contributed by atoms with E-state index >= 15 is 0 Å². The van der Waals surface area contributed by atoms with Crippen molar-refractivity contribution in [2.24, 2.45) is 5.92 Å². The van der Waals surface area contributed by atoms with Gasteiger partial charge in [-0.1, -0.05) is 6.42 Å². The zero-order chi connectivity index (χ0) is 16.8. The lowest BCUT2D eigenvalue weighted by molar-refractivity contribution is -0.122. The highest BCUT2D eigenvalue weighted by atomic mass is 19.1. The summed E-state index contributed by atoms with van der Waals surface area (Å²) in [5.41, 5.74) is -0.173. The highest BCUT2D eigenvalue weighted by Crippen LogP contribution is 2.36. The number of halogens is 1. The molecule has 2 aliphatic rings. The fourth-order valence-electron chi connectivity index (χ4n) is 2.69. The largest absolute Gasteiger partial charge is 0.497 e. The molecule has 1 saturated heterocycles. The van der Waals surface area contributed by atoms with Gasteiger partial charge < -0.3 is 14.6 Å². The maximum absolute atomic E-state index is 14.2. The monoisotopic (exact) mass is 319 g/mol. The molecular formula is C17H23BFNO3. The Morgan fingerprint density at radius 3 is 2.35 bits per heavy atom. The van der Waals surface area contributed by atoms with Crippen LogP contribution in [0.3, 0.4) is 0 Å². The van der Waals surface area contributed by atoms with Crippen molar-refractivity contribution in [2.75, 3.05) is 5.32 Å². The Labute approximate surface area is 136 Å². The normalized spacial score (nSPS) is 22.7. The van der Waals surface area contributed by atoms with Gasteiger partial charge in [-0.05, 0) is 58.7 Å². The summed E-state index contributed by atoms with van der Waals surface area (Å²) in [5.74, 6) is -0.312. The summed E-state index contributed by atoms with van der Waals surface area (Å²) >= 11 is 0. The quantitative estimate of drug-likeness (QED) is 0.872. The van der Waals surface area contributed by atoms with Crippen LogP contribution in [0, 0.1) is 11.7 Å². The first-order chi connectivity index (χ1) is 10.7. The third kappa shape index (κ3) is 3.02. The molecule has 2 fully saturated rings. The van der Waals surface area contributed by atoms with E-state index < -0.39 is 24.1 Å². The molecular weight excluding hydrogens is 296 g/mol. The Kier molecular flexibility index (Phi) is 4.01. The number of nitrogens with one attached hydrogen (secondary N) is 1. The van der Waals surface area contributed by atoms with Crippen LogP contribution in [0.2, 0.25) is 0 Å². The summed E-state index contributed by atoms with van der Waals surface area (Å²) in [5, 5.41) is 2.86. The first-order valence-corrected chi connectivity index (χ1v) is 8.15. The third-order valence-electron chi connectivity index (χ3n) is 5.25. The van der Waals surface area contributed by atoms with Crippen LogP contribution in [0.15, 0.2) is 18.2 Å². The molecule has 23 heavy (non-hydrogen) atoms. The molecule has 1 saturated carbocycles. The van der Waals surface area contributed by atoms with E-state index in [1.165, 1.54) is 6.07 Å². The molecule has 4 nitrogen and oxygen atoms in total. The molecule has 1 heterocycles. The smallest absolute Gasteiger partial charge is 0.399 e. The van der Waals surface area contributed by atoms with Gasteiger partial charge in [0.05, 0.1) is 11.2 Å². The van der Waals surface area contributed by atoms with Gasteiger partial charge >= 0.3 is 7.12 Å². The van der Waals surface area contributed by atoms with E-state index in [0.29, 0.717) is 11.2 Å². The number of benzene rings is 1. The fourth-order valence-corrected chi connectivity index (χ4v) is 2.69. The SMILES string of the molecule is CC1(C)OB(c2cc(NC(=O)C3CCC3)ccc2F)OC1(C)C. The van der Waals surface area contributed by atoms with E-state index in [1.807, 2.05) is 27.7 Å². The molecule has 0 unspecified atom stereocenters. The second-order valence-corrected chi connectivity index (χ2v) is 7.44. The Hall–Kier alpha value is -1.40. The highest BCUT2D eigenvalue weighted by Gasteiger charge is 2.52. The predicted molar refractivity (Wildman–Crippen MR) is 88.1 cm³/mol. The van der Waals surface area contributed by atoms with Crippen molar-refractivity contribution in [3.63, 3.8) is 0 Å². The van der Waals surface area contributed by atoms with Crippen LogP contribution in [0.25, 0.3) is 0 Å². The number of hydrogen-bond donors (Lipinski definition) is 1. The van der Waals surface area contributed by atoms with Crippen molar-refractivity contribution in [2.45, 2.75) is 58.2 Å². The Bertz CT molecular complexity index is 612. The molecule has 1 aliphatic carbocycles. The van der Waals surface area contributed by atoms with Crippen molar-refractivity contribution in [1.29, 1.82) is 0 Å². The highest BCUT2D eigenvalue weighted by molar-refractivity contribution is 6.62. The van der Waals surface area contributed by atoms with E-state index in [9.17, 15) is 9.18 Å². The van der Waals surface area contributed by atoms with Gasteiger partial charge in [-0.15, -0.1) is 0 Å². The summed E-state index contributed by atoms with van der Waals surface area (Å²) in [4.78, 5) is 12.1. The maximum atomic E-state index is 14.2. The van der Waals surface area contributed by atoms with Crippen LogP contribution in [0.1, 0.15) is 47.0 Å². The average molecular weight is 319 g/mol. The number of anilines is 1. The number of carbonyl (C=O) groups is 1. The minimum absolute atomic E-state index is 0.00252. The molecule has 1 aliphatic heterocycles. The Morgan fingerprint density at radius 2 is 1.83 bits per heavy atom. The molecule has 1 aromatic carbocycles. The summed E-state index contributed by atoms with van der Waals surface area (Å²) < 4.78 is 26.0. The van der Waals surface area contributed by atoms with Gasteiger partial charge in [0.15, 0.2) is 0 Å². The summed E-state index contributed by atoms with van der Waals surface area (Å²) in [6, 6.07) is 4.52. The van der Waals surface area contributed by atoms with Crippen LogP contribution in [-0.4, -0.2) is 24.2 Å². The van der Waals surface area contributed by atoms with Crippen molar-refractivity contribution >= 4 is 24.2 Å². The zero-order valence-electron chi connectivity index (χ0n) is 14.1. The van der Waals surface area contributed by atoms with Gasteiger partial charge in [0.2, 0.25) is 5.91 Å². The Balaban J connectivity index is 1.80. The first-order valence-electron chi connectivity index (χ1n) is 8.15. The van der Waals surface area contributed by atoms with E-state index in [1.54, 1.807) is 12.1 Å². The number of rotatable bonds is 3. The van der Waals surface area contributed by atoms with E-state index in [2.05, 4.69) is 5.32 Å². The lowest BCUT2D eigenvalue weighted by Gasteiger charge is -2.32. The van der Waals surface area contributed by atoms with Gasteiger partial charge in [0.1, 0.15) is 5.82 Å². The standard InChI is InChI=1S/C17H23BFNO3/c1-16(2)17(3,4)23-18(22-16)13-10-12(8-9-14(13)19)20-15(21)11-6-5-7-11/h8-11H,5-7H2,1-4H3,(H,20,21). The number of amides is 1. The van der Waals surface area contributed by atoms with Crippen molar-refractivity contribution in [3.05, 3.63) is 24.0 Å². The molecule has 0 radical (unpaired) electrons. The molecule has 0 aromatic heterocycles. The fraction of sp³-hybridized carbons (Fsp3) is 0.588.